The second-order valence-electron chi connectivity index (χ2n) is 8.18. The molecule has 11 heteroatoms. The average molecular weight is 463 g/mol. The van der Waals surface area contributed by atoms with E-state index in [2.05, 4.69) is 10.4 Å². The summed E-state index contributed by atoms with van der Waals surface area (Å²) in [6, 6.07) is 3.01. The quantitative estimate of drug-likeness (QED) is 0.740. The minimum absolute atomic E-state index is 0.0823. The van der Waals surface area contributed by atoms with Gasteiger partial charge in [0.15, 0.2) is 0 Å². The van der Waals surface area contributed by atoms with E-state index >= 15 is 0 Å². The van der Waals surface area contributed by atoms with E-state index < -0.39 is 11.9 Å². The molecule has 2 aromatic rings. The molecule has 1 N–H and O–H groups in total. The zero-order chi connectivity index (χ0) is 23.2. The number of anilines is 1. The third-order valence-electron chi connectivity index (χ3n) is 5.89. The highest BCUT2D eigenvalue weighted by atomic mass is 35.5. The fourth-order valence-corrected chi connectivity index (χ4v) is 4.29. The van der Waals surface area contributed by atoms with Crippen LogP contribution in [0.5, 0.6) is 0 Å². The number of aryl methyl sites for hydroxylation is 1. The summed E-state index contributed by atoms with van der Waals surface area (Å²) in [6.07, 6.45) is 0.965. The molecule has 1 aromatic heterocycles. The van der Waals surface area contributed by atoms with E-state index in [-0.39, 0.29) is 29.4 Å². The number of rotatable bonds is 2. The Morgan fingerprint density at radius 2 is 2.03 bits per heavy atom. The average Bonchev–Trinajstić information content (AvgIpc) is 3.07. The van der Waals surface area contributed by atoms with Crippen LogP contribution < -0.4 is 5.32 Å². The Bertz CT molecular complexity index is 1100. The minimum Gasteiger partial charge on any atom is -0.347 e. The molecule has 170 valence electrons. The van der Waals surface area contributed by atoms with Crippen LogP contribution in [0.3, 0.4) is 0 Å². The largest absolute Gasteiger partial charge is 0.347 e. The predicted molar refractivity (Wildman–Crippen MR) is 116 cm³/mol. The maximum absolute atomic E-state index is 13.4. The second-order valence-corrected chi connectivity index (χ2v) is 8.59. The lowest BCUT2D eigenvalue weighted by atomic mass is 10.0. The number of halogens is 2. The standard InChI is InChI=1S/C21H24ClFN6O3/c1-26(2)19(30)17-7-9-29-18(20(31)27(17)3)13-11-28(8-6-16(13)25-29)21(32)24-12-4-5-15(23)14(22)10-12/h4-5,10,17H,6-9,11H2,1-3H3,(H,24,32). The highest BCUT2D eigenvalue weighted by Gasteiger charge is 2.37. The van der Waals surface area contributed by atoms with Gasteiger partial charge in [0.25, 0.3) is 5.91 Å². The molecule has 1 atom stereocenters. The molecule has 0 aliphatic carbocycles. The van der Waals surface area contributed by atoms with Crippen LogP contribution in [-0.2, 0) is 24.3 Å². The first kappa shape index (κ1) is 22.1. The van der Waals surface area contributed by atoms with Gasteiger partial charge in [-0.15, -0.1) is 0 Å². The number of fused-ring (bicyclic) bond motifs is 3. The summed E-state index contributed by atoms with van der Waals surface area (Å²) in [5.74, 6) is -0.994. The van der Waals surface area contributed by atoms with Crippen LogP contribution in [0.15, 0.2) is 18.2 Å². The lowest BCUT2D eigenvalue weighted by Gasteiger charge is -2.29. The van der Waals surface area contributed by atoms with Crippen molar-refractivity contribution in [3.8, 4) is 0 Å². The van der Waals surface area contributed by atoms with E-state index in [1.165, 1.54) is 28.0 Å². The van der Waals surface area contributed by atoms with Gasteiger partial charge in [0.05, 0.1) is 17.3 Å². The lowest BCUT2D eigenvalue weighted by molar-refractivity contribution is -0.133. The third-order valence-corrected chi connectivity index (χ3v) is 6.18. The molecular weight excluding hydrogens is 439 g/mol. The Balaban J connectivity index is 1.55. The summed E-state index contributed by atoms with van der Waals surface area (Å²) in [5, 5.41) is 7.23. The van der Waals surface area contributed by atoms with Crippen LogP contribution in [0.2, 0.25) is 5.02 Å². The fourth-order valence-electron chi connectivity index (χ4n) is 4.11. The predicted octanol–water partition coefficient (Wildman–Crippen LogP) is 2.20. The molecule has 0 fully saturated rings. The summed E-state index contributed by atoms with van der Waals surface area (Å²) < 4.78 is 15.0. The highest BCUT2D eigenvalue weighted by Crippen LogP contribution is 2.28. The molecule has 0 bridgehead atoms. The van der Waals surface area contributed by atoms with Gasteiger partial charge < -0.3 is 20.0 Å². The van der Waals surface area contributed by atoms with Crippen molar-refractivity contribution in [3.05, 3.63) is 46.0 Å². The molecular formula is C21H24ClFN6O3. The Labute approximate surface area is 189 Å². The van der Waals surface area contributed by atoms with E-state index in [4.69, 9.17) is 11.6 Å². The van der Waals surface area contributed by atoms with Crippen molar-refractivity contribution in [2.45, 2.75) is 32.0 Å². The zero-order valence-electron chi connectivity index (χ0n) is 18.1. The van der Waals surface area contributed by atoms with E-state index in [1.54, 1.807) is 30.7 Å². The van der Waals surface area contributed by atoms with Crippen molar-refractivity contribution in [1.29, 1.82) is 0 Å². The van der Waals surface area contributed by atoms with Gasteiger partial charge in [-0.05, 0) is 24.6 Å². The smallest absolute Gasteiger partial charge is 0.322 e. The Kier molecular flexibility index (Phi) is 5.81. The normalized spacial score (nSPS) is 18.0. The molecule has 32 heavy (non-hydrogen) atoms. The number of likely N-dealkylation sites (N-methyl/N-ethyl adjacent to an activating group) is 2. The van der Waals surface area contributed by atoms with Crippen molar-refractivity contribution in [3.63, 3.8) is 0 Å². The summed E-state index contributed by atoms with van der Waals surface area (Å²) in [6.45, 7) is 1.07. The first-order chi connectivity index (χ1) is 15.2. The molecule has 1 unspecified atom stereocenters. The van der Waals surface area contributed by atoms with Crippen LogP contribution in [0, 0.1) is 5.82 Å². The number of hydrogen-bond acceptors (Lipinski definition) is 4. The number of hydrogen-bond donors (Lipinski definition) is 1. The number of nitrogens with one attached hydrogen (secondary N) is 1. The zero-order valence-corrected chi connectivity index (χ0v) is 18.8. The van der Waals surface area contributed by atoms with Gasteiger partial charge in [0.2, 0.25) is 5.91 Å². The number of aromatic nitrogens is 2. The van der Waals surface area contributed by atoms with Crippen molar-refractivity contribution < 1.29 is 18.8 Å². The monoisotopic (exact) mass is 462 g/mol. The molecule has 1 aromatic carbocycles. The van der Waals surface area contributed by atoms with Crippen LogP contribution in [0.1, 0.15) is 28.2 Å². The maximum Gasteiger partial charge on any atom is 0.322 e. The molecule has 0 saturated heterocycles. The second kappa shape index (κ2) is 8.42. The van der Waals surface area contributed by atoms with Gasteiger partial charge in [0.1, 0.15) is 17.6 Å². The number of nitrogens with zero attached hydrogens (tertiary/aromatic N) is 5. The molecule has 9 nitrogen and oxygen atoms in total. The van der Waals surface area contributed by atoms with Crippen molar-refractivity contribution >= 4 is 35.1 Å². The Morgan fingerprint density at radius 3 is 2.72 bits per heavy atom. The van der Waals surface area contributed by atoms with Crippen LogP contribution in [0.4, 0.5) is 14.9 Å². The maximum atomic E-state index is 13.4. The first-order valence-electron chi connectivity index (χ1n) is 10.2. The van der Waals surface area contributed by atoms with E-state index in [1.807, 2.05) is 0 Å². The van der Waals surface area contributed by atoms with Crippen molar-refractivity contribution in [1.82, 2.24) is 24.5 Å². The van der Waals surface area contributed by atoms with Gasteiger partial charge in [-0.2, -0.15) is 5.10 Å². The summed E-state index contributed by atoms with van der Waals surface area (Å²) in [7, 11) is 4.95. The molecule has 2 aliphatic rings. The molecule has 4 rings (SSSR count). The topological polar surface area (TPSA) is 90.8 Å². The molecule has 2 aliphatic heterocycles. The number of carbonyl (C=O) groups is 3. The lowest BCUT2D eigenvalue weighted by Crippen LogP contribution is -2.47. The van der Waals surface area contributed by atoms with E-state index in [0.717, 1.165) is 5.69 Å². The summed E-state index contributed by atoms with van der Waals surface area (Å²) >= 11 is 5.79. The van der Waals surface area contributed by atoms with Gasteiger partial charge in [0, 0.05) is 51.9 Å². The van der Waals surface area contributed by atoms with Crippen LogP contribution >= 0.6 is 11.6 Å². The number of carbonyl (C=O) groups excluding carboxylic acids is 3. The molecule has 0 radical (unpaired) electrons. The molecule has 3 heterocycles. The number of benzene rings is 1. The van der Waals surface area contributed by atoms with Crippen LogP contribution in [-0.4, -0.2) is 76.1 Å². The Morgan fingerprint density at radius 1 is 1.28 bits per heavy atom. The summed E-state index contributed by atoms with van der Waals surface area (Å²) in [5.41, 5.74) is 2.27. The van der Waals surface area contributed by atoms with Crippen molar-refractivity contribution in [2.24, 2.45) is 0 Å². The van der Waals surface area contributed by atoms with Gasteiger partial charge in [-0.1, -0.05) is 11.6 Å². The molecule has 0 saturated carbocycles. The summed E-state index contributed by atoms with van der Waals surface area (Å²) in [4.78, 5) is 43.1. The Hall–Kier alpha value is -3.14. The first-order valence-corrected chi connectivity index (χ1v) is 10.6. The number of amides is 4. The SMILES string of the molecule is CN(C)C(=O)C1CCn2nc3c(c2C(=O)N1C)CN(C(=O)Nc1ccc(F)c(Cl)c1)CC3. The molecule has 4 amide bonds. The van der Waals surface area contributed by atoms with Crippen LogP contribution in [0.25, 0.3) is 0 Å². The fraction of sp³-hybridized carbons (Fsp3) is 0.429. The van der Waals surface area contributed by atoms with Gasteiger partial charge in [-0.25, -0.2) is 9.18 Å². The van der Waals surface area contributed by atoms with Gasteiger partial charge in [-0.3, -0.25) is 14.3 Å². The molecule has 0 spiro atoms. The van der Waals surface area contributed by atoms with E-state index in [0.29, 0.717) is 42.9 Å². The highest BCUT2D eigenvalue weighted by molar-refractivity contribution is 6.31. The van der Waals surface area contributed by atoms with Crippen molar-refractivity contribution in [2.75, 3.05) is 33.0 Å². The minimum atomic E-state index is -0.568. The third kappa shape index (κ3) is 3.90. The van der Waals surface area contributed by atoms with Gasteiger partial charge >= 0.3 is 6.03 Å². The number of urea groups is 1. The van der Waals surface area contributed by atoms with E-state index in [9.17, 15) is 18.8 Å².